The Morgan fingerprint density at radius 1 is 0.850 bits per heavy atom. The van der Waals surface area contributed by atoms with Crippen molar-refractivity contribution in [2.24, 2.45) is 0 Å². The summed E-state index contributed by atoms with van der Waals surface area (Å²) in [7, 11) is 0. The van der Waals surface area contributed by atoms with Gasteiger partial charge in [0.25, 0.3) is 5.91 Å². The Hall–Kier alpha value is -4.71. The standard InChI is InChI=1S/C34H34N4O2/c1-23-13-8-11-20-29(23)38-31(22-30(37-38)34(2,3)4)36-33(40)28(21-24-14-6-5-7-15-24)35-32(39)27-19-12-17-25-16-9-10-18-26(25)27/h5-20,22,28H,21H2,1-4H3,(H,35,39)(H,36,40). The monoisotopic (exact) mass is 530 g/mol. The Kier molecular flexibility index (Phi) is 7.52. The fraction of sp³-hybridized carbons (Fsp3) is 0.206. The molecule has 1 unspecified atom stereocenters. The van der Waals surface area contributed by atoms with Gasteiger partial charge in [0, 0.05) is 23.5 Å². The highest BCUT2D eigenvalue weighted by Crippen LogP contribution is 2.28. The van der Waals surface area contributed by atoms with Crippen LogP contribution in [0.3, 0.4) is 0 Å². The van der Waals surface area contributed by atoms with Crippen molar-refractivity contribution in [1.29, 1.82) is 0 Å². The van der Waals surface area contributed by atoms with Gasteiger partial charge in [-0.2, -0.15) is 5.10 Å². The van der Waals surface area contributed by atoms with Gasteiger partial charge in [-0.3, -0.25) is 9.59 Å². The number of anilines is 1. The number of amides is 2. The Balaban J connectivity index is 1.49. The number of carbonyl (C=O) groups excluding carboxylic acids is 2. The molecule has 2 N–H and O–H groups in total. The highest BCUT2D eigenvalue weighted by Gasteiger charge is 2.26. The number of hydrogen-bond donors (Lipinski definition) is 2. The highest BCUT2D eigenvalue weighted by atomic mass is 16.2. The first-order valence-corrected chi connectivity index (χ1v) is 13.5. The molecule has 0 aliphatic heterocycles. The summed E-state index contributed by atoms with van der Waals surface area (Å²) >= 11 is 0. The van der Waals surface area contributed by atoms with Crippen molar-refractivity contribution in [2.75, 3.05) is 5.32 Å². The average molecular weight is 531 g/mol. The number of para-hydroxylation sites is 1. The van der Waals surface area contributed by atoms with Crippen LogP contribution in [-0.2, 0) is 16.6 Å². The topological polar surface area (TPSA) is 76.0 Å². The second kappa shape index (κ2) is 11.2. The van der Waals surface area contributed by atoms with Gasteiger partial charge in [-0.15, -0.1) is 0 Å². The number of carbonyl (C=O) groups is 2. The highest BCUT2D eigenvalue weighted by molar-refractivity contribution is 6.09. The summed E-state index contributed by atoms with van der Waals surface area (Å²) in [6, 6.07) is 32.1. The van der Waals surface area contributed by atoms with Crippen molar-refractivity contribution < 1.29 is 9.59 Å². The van der Waals surface area contributed by atoms with Crippen molar-refractivity contribution in [3.05, 3.63) is 126 Å². The minimum atomic E-state index is -0.813. The zero-order chi connectivity index (χ0) is 28.3. The predicted octanol–water partition coefficient (Wildman–Crippen LogP) is 6.61. The van der Waals surface area contributed by atoms with E-state index in [4.69, 9.17) is 5.10 Å². The fourth-order valence-corrected chi connectivity index (χ4v) is 4.75. The maximum absolute atomic E-state index is 13.9. The molecule has 4 aromatic carbocycles. The number of hydrogen-bond acceptors (Lipinski definition) is 3. The lowest BCUT2D eigenvalue weighted by atomic mass is 9.92. The van der Waals surface area contributed by atoms with Gasteiger partial charge in [-0.1, -0.05) is 106 Å². The van der Waals surface area contributed by atoms with Gasteiger partial charge in [0.15, 0.2) is 0 Å². The molecule has 40 heavy (non-hydrogen) atoms. The molecule has 0 fully saturated rings. The van der Waals surface area contributed by atoms with Crippen molar-refractivity contribution in [3.63, 3.8) is 0 Å². The van der Waals surface area contributed by atoms with Gasteiger partial charge in [-0.25, -0.2) is 4.68 Å². The SMILES string of the molecule is Cc1ccccc1-n1nc(C(C)(C)C)cc1NC(=O)C(Cc1ccccc1)NC(=O)c1cccc2ccccc12. The molecule has 0 bridgehead atoms. The summed E-state index contributed by atoms with van der Waals surface area (Å²) < 4.78 is 1.78. The van der Waals surface area contributed by atoms with Crippen LogP contribution in [0.5, 0.6) is 0 Å². The van der Waals surface area contributed by atoms with E-state index in [1.165, 1.54) is 0 Å². The number of fused-ring (bicyclic) bond motifs is 1. The Labute approximate surface area is 235 Å². The third kappa shape index (κ3) is 5.81. The van der Waals surface area contributed by atoms with Crippen LogP contribution < -0.4 is 10.6 Å². The van der Waals surface area contributed by atoms with E-state index in [0.29, 0.717) is 17.8 Å². The predicted molar refractivity (Wildman–Crippen MR) is 161 cm³/mol. The maximum atomic E-state index is 13.9. The normalized spacial score (nSPS) is 12.2. The summed E-state index contributed by atoms with van der Waals surface area (Å²) in [6.45, 7) is 8.28. The molecule has 0 saturated carbocycles. The maximum Gasteiger partial charge on any atom is 0.252 e. The van der Waals surface area contributed by atoms with Crippen LogP contribution in [0, 0.1) is 6.92 Å². The van der Waals surface area contributed by atoms with Crippen LogP contribution in [0.2, 0.25) is 0 Å². The summed E-state index contributed by atoms with van der Waals surface area (Å²) in [5.41, 5.74) is 4.02. The second-order valence-electron chi connectivity index (χ2n) is 11.1. The summed E-state index contributed by atoms with van der Waals surface area (Å²) in [4.78, 5) is 27.5. The third-order valence-corrected chi connectivity index (χ3v) is 7.01. The first kappa shape index (κ1) is 26.9. The molecule has 0 aliphatic rings. The van der Waals surface area contributed by atoms with Gasteiger partial charge < -0.3 is 10.6 Å². The Morgan fingerprint density at radius 3 is 2.27 bits per heavy atom. The van der Waals surface area contributed by atoms with Gasteiger partial charge in [0.05, 0.1) is 11.4 Å². The first-order valence-electron chi connectivity index (χ1n) is 13.5. The quantitative estimate of drug-likeness (QED) is 0.249. The summed E-state index contributed by atoms with van der Waals surface area (Å²) in [5.74, 6) is -0.0509. The van der Waals surface area contributed by atoms with Crippen molar-refractivity contribution in [1.82, 2.24) is 15.1 Å². The number of nitrogens with one attached hydrogen (secondary N) is 2. The third-order valence-electron chi connectivity index (χ3n) is 7.01. The number of rotatable bonds is 7. The molecule has 2 amide bonds. The van der Waals surface area contributed by atoms with E-state index in [1.807, 2.05) is 104 Å². The minimum absolute atomic E-state index is 0.223. The van der Waals surface area contributed by atoms with Gasteiger partial charge in [0.1, 0.15) is 11.9 Å². The molecule has 5 rings (SSSR count). The van der Waals surface area contributed by atoms with E-state index in [0.717, 1.165) is 33.3 Å². The molecule has 0 spiro atoms. The molecule has 6 nitrogen and oxygen atoms in total. The van der Waals surface area contributed by atoms with E-state index in [9.17, 15) is 9.59 Å². The zero-order valence-electron chi connectivity index (χ0n) is 23.3. The molecule has 0 aliphatic carbocycles. The zero-order valence-corrected chi connectivity index (χ0v) is 23.3. The van der Waals surface area contributed by atoms with Gasteiger partial charge >= 0.3 is 0 Å². The lowest BCUT2D eigenvalue weighted by Crippen LogP contribution is -2.45. The van der Waals surface area contributed by atoms with E-state index in [1.54, 1.807) is 10.7 Å². The molecule has 0 saturated heterocycles. The lowest BCUT2D eigenvalue weighted by Gasteiger charge is -2.20. The molecular weight excluding hydrogens is 496 g/mol. The largest absolute Gasteiger partial charge is 0.340 e. The van der Waals surface area contributed by atoms with Crippen LogP contribution in [0.4, 0.5) is 5.82 Å². The van der Waals surface area contributed by atoms with Crippen molar-refractivity contribution in [3.8, 4) is 5.69 Å². The molecule has 0 radical (unpaired) electrons. The average Bonchev–Trinajstić information content (AvgIpc) is 3.37. The van der Waals surface area contributed by atoms with Crippen LogP contribution in [0.15, 0.2) is 103 Å². The van der Waals surface area contributed by atoms with Crippen LogP contribution in [0.25, 0.3) is 16.5 Å². The molecular formula is C34H34N4O2. The Bertz CT molecular complexity index is 1660. The second-order valence-corrected chi connectivity index (χ2v) is 11.1. The van der Waals surface area contributed by atoms with E-state index in [-0.39, 0.29) is 17.2 Å². The lowest BCUT2D eigenvalue weighted by molar-refractivity contribution is -0.118. The van der Waals surface area contributed by atoms with Crippen LogP contribution >= 0.6 is 0 Å². The van der Waals surface area contributed by atoms with Crippen molar-refractivity contribution in [2.45, 2.75) is 45.6 Å². The smallest absolute Gasteiger partial charge is 0.252 e. The molecule has 202 valence electrons. The Morgan fingerprint density at radius 2 is 1.52 bits per heavy atom. The molecule has 6 heteroatoms. The molecule has 1 atom stereocenters. The van der Waals surface area contributed by atoms with E-state index >= 15 is 0 Å². The van der Waals surface area contributed by atoms with Gasteiger partial charge in [0.2, 0.25) is 5.91 Å². The van der Waals surface area contributed by atoms with E-state index in [2.05, 4.69) is 31.4 Å². The summed E-state index contributed by atoms with van der Waals surface area (Å²) in [5, 5.41) is 12.8. The fourth-order valence-electron chi connectivity index (χ4n) is 4.75. The number of aromatic nitrogens is 2. The molecule has 1 aromatic heterocycles. The molecule has 1 heterocycles. The minimum Gasteiger partial charge on any atom is -0.340 e. The van der Waals surface area contributed by atoms with Crippen molar-refractivity contribution >= 4 is 28.4 Å². The number of nitrogens with zero attached hydrogens (tertiary/aromatic N) is 2. The van der Waals surface area contributed by atoms with Crippen LogP contribution in [-0.4, -0.2) is 27.6 Å². The van der Waals surface area contributed by atoms with Crippen LogP contribution in [0.1, 0.15) is 48.0 Å². The molecule has 5 aromatic rings. The van der Waals surface area contributed by atoms with Gasteiger partial charge in [-0.05, 0) is 41.0 Å². The number of benzene rings is 4. The number of aryl methyl sites for hydroxylation is 1. The summed E-state index contributed by atoms with van der Waals surface area (Å²) in [6.07, 6.45) is 0.341. The first-order chi connectivity index (χ1) is 19.2. The van der Waals surface area contributed by atoms with E-state index < -0.39 is 6.04 Å².